The third-order valence-corrected chi connectivity index (χ3v) is 3.85. The van der Waals surface area contributed by atoms with Crippen molar-refractivity contribution in [2.75, 3.05) is 18.1 Å². The fraction of sp³-hybridized carbons (Fsp3) is 0.222. The fourth-order valence-electron chi connectivity index (χ4n) is 2.80. The lowest BCUT2D eigenvalue weighted by atomic mass is 10.1. The number of benzene rings is 1. The quantitative estimate of drug-likeness (QED) is 0.850. The lowest BCUT2D eigenvalue weighted by Crippen LogP contribution is -2.34. The second-order valence-corrected chi connectivity index (χ2v) is 5.60. The number of aliphatic hydroxyl groups excluding tert-OH is 1. The van der Waals surface area contributed by atoms with E-state index in [2.05, 4.69) is 4.98 Å². The molecule has 6 nitrogen and oxygen atoms in total. The fourth-order valence-corrected chi connectivity index (χ4v) is 2.80. The van der Waals surface area contributed by atoms with Crippen LogP contribution in [0.5, 0.6) is 0 Å². The summed E-state index contributed by atoms with van der Waals surface area (Å²) < 4.78 is 4.91. The van der Waals surface area contributed by atoms with Crippen molar-refractivity contribution in [1.82, 2.24) is 4.98 Å². The molecule has 24 heavy (non-hydrogen) atoms. The number of aliphatic hydroxyl groups is 1. The smallest absolute Gasteiger partial charge is 0.421 e. The van der Waals surface area contributed by atoms with E-state index in [-0.39, 0.29) is 13.2 Å². The molecular weight excluding hydrogens is 308 g/mol. The maximum Gasteiger partial charge on any atom is 0.421 e. The molecule has 2 heterocycles. The zero-order valence-corrected chi connectivity index (χ0v) is 13.5. The van der Waals surface area contributed by atoms with Crippen LogP contribution < -0.4 is 4.90 Å². The van der Waals surface area contributed by atoms with Crippen LogP contribution in [0.3, 0.4) is 0 Å². The average Bonchev–Trinajstić information content (AvgIpc) is 3.02. The highest BCUT2D eigenvalue weighted by Crippen LogP contribution is 2.38. The van der Waals surface area contributed by atoms with E-state index in [1.165, 1.54) is 0 Å². The van der Waals surface area contributed by atoms with Gasteiger partial charge in [0, 0.05) is 17.0 Å². The largest absolute Gasteiger partial charge is 0.446 e. The van der Waals surface area contributed by atoms with Crippen molar-refractivity contribution in [1.29, 1.82) is 0 Å². The summed E-state index contributed by atoms with van der Waals surface area (Å²) in [4.78, 5) is 29.2. The molecule has 0 saturated carbocycles. The second-order valence-electron chi connectivity index (χ2n) is 5.60. The predicted octanol–water partition coefficient (Wildman–Crippen LogP) is 2.65. The third-order valence-electron chi connectivity index (χ3n) is 3.85. The van der Waals surface area contributed by atoms with Gasteiger partial charge in [-0.15, -0.1) is 0 Å². The molecule has 0 bridgehead atoms. The molecule has 3 rings (SSSR count). The summed E-state index contributed by atoms with van der Waals surface area (Å²) in [5.74, 6) is -0.439. The van der Waals surface area contributed by atoms with Gasteiger partial charge in [-0.25, -0.2) is 9.69 Å². The maximum atomic E-state index is 12.8. The molecule has 0 atom stereocenters. The third kappa shape index (κ3) is 2.72. The Balaban J connectivity index is 2.05. The Morgan fingerprint density at radius 3 is 2.75 bits per heavy atom. The van der Waals surface area contributed by atoms with E-state index in [1.807, 2.05) is 26.0 Å². The normalized spacial score (nSPS) is 15.0. The van der Waals surface area contributed by atoms with Crippen molar-refractivity contribution in [3.8, 4) is 0 Å². The van der Waals surface area contributed by atoms with E-state index in [0.717, 1.165) is 21.9 Å². The number of aromatic amines is 1. The van der Waals surface area contributed by atoms with E-state index in [0.29, 0.717) is 16.8 Å². The number of H-pyrrole nitrogens is 1. The van der Waals surface area contributed by atoms with Gasteiger partial charge in [-0.05, 0) is 37.6 Å². The molecule has 0 radical (unpaired) electrons. The molecular formula is C18H18N2O4. The number of anilines is 1. The van der Waals surface area contributed by atoms with Gasteiger partial charge in [0.2, 0.25) is 0 Å². The van der Waals surface area contributed by atoms with Gasteiger partial charge in [0.05, 0.1) is 17.9 Å². The number of carbonyl (C=O) groups is 2. The molecule has 1 aromatic carbocycles. The highest BCUT2D eigenvalue weighted by Gasteiger charge is 2.37. The van der Waals surface area contributed by atoms with Crippen molar-refractivity contribution in [3.05, 3.63) is 52.8 Å². The first kappa shape index (κ1) is 16.0. The first-order chi connectivity index (χ1) is 11.5. The van der Waals surface area contributed by atoms with Crippen molar-refractivity contribution in [2.24, 2.45) is 0 Å². The standard InChI is InChI=1S/C18H18N2O4/c1-11-9-12(2)19-15(11)10-14-13-5-3-4-6-16(13)20(17(14)22)18(23)24-8-7-21/h3-6,9-10,19,21H,7-8H2,1-2H3/b14-10-. The van der Waals surface area contributed by atoms with Crippen LogP contribution in [0.2, 0.25) is 0 Å². The number of fused-ring (bicyclic) bond motifs is 1. The number of para-hydroxylation sites is 1. The number of nitrogens with zero attached hydrogens (tertiary/aromatic N) is 1. The van der Waals surface area contributed by atoms with Crippen molar-refractivity contribution in [2.45, 2.75) is 13.8 Å². The number of nitrogens with one attached hydrogen (secondary N) is 1. The van der Waals surface area contributed by atoms with Crippen LogP contribution in [0.4, 0.5) is 10.5 Å². The molecule has 2 N–H and O–H groups in total. The monoisotopic (exact) mass is 326 g/mol. The lowest BCUT2D eigenvalue weighted by molar-refractivity contribution is -0.112. The van der Waals surface area contributed by atoms with Crippen LogP contribution in [0.1, 0.15) is 22.5 Å². The highest BCUT2D eigenvalue weighted by atomic mass is 16.6. The summed E-state index contributed by atoms with van der Waals surface area (Å²) in [6.07, 6.45) is 0.965. The van der Waals surface area contributed by atoms with E-state index in [9.17, 15) is 9.59 Å². The number of carbonyl (C=O) groups excluding carboxylic acids is 2. The molecule has 1 aliphatic rings. The minimum absolute atomic E-state index is 0.154. The van der Waals surface area contributed by atoms with Crippen LogP contribution in [-0.4, -0.2) is 35.3 Å². The van der Waals surface area contributed by atoms with Crippen LogP contribution in [0.25, 0.3) is 11.6 Å². The molecule has 0 aliphatic carbocycles. The summed E-state index contributed by atoms with van der Waals surface area (Å²) in [5, 5.41) is 8.80. The number of aryl methyl sites for hydroxylation is 2. The number of ether oxygens (including phenoxy) is 1. The number of imide groups is 1. The van der Waals surface area contributed by atoms with Gasteiger partial charge in [0.1, 0.15) is 6.61 Å². The second kappa shape index (κ2) is 6.33. The average molecular weight is 326 g/mol. The Morgan fingerprint density at radius 2 is 2.08 bits per heavy atom. The van der Waals surface area contributed by atoms with Gasteiger partial charge in [-0.1, -0.05) is 18.2 Å². The highest BCUT2D eigenvalue weighted by molar-refractivity contribution is 6.41. The minimum atomic E-state index is -0.788. The molecule has 2 aromatic rings. The maximum absolute atomic E-state index is 12.8. The van der Waals surface area contributed by atoms with Gasteiger partial charge < -0.3 is 14.8 Å². The summed E-state index contributed by atoms with van der Waals surface area (Å²) in [5.41, 5.74) is 4.43. The van der Waals surface area contributed by atoms with Crippen molar-refractivity contribution in [3.63, 3.8) is 0 Å². The summed E-state index contributed by atoms with van der Waals surface area (Å²) in [7, 11) is 0. The lowest BCUT2D eigenvalue weighted by Gasteiger charge is -2.14. The number of rotatable bonds is 3. The van der Waals surface area contributed by atoms with Gasteiger partial charge in [-0.3, -0.25) is 4.79 Å². The van der Waals surface area contributed by atoms with Crippen LogP contribution in [-0.2, 0) is 9.53 Å². The summed E-state index contributed by atoms with van der Waals surface area (Å²) >= 11 is 0. The Bertz CT molecular complexity index is 835. The number of amides is 2. The SMILES string of the molecule is Cc1cc(C)c(/C=C2\C(=O)N(C(=O)OCCO)c3ccccc32)[nH]1. The van der Waals surface area contributed by atoms with Crippen molar-refractivity contribution < 1.29 is 19.4 Å². The molecule has 0 spiro atoms. The van der Waals surface area contributed by atoms with Crippen LogP contribution in [0.15, 0.2) is 30.3 Å². The van der Waals surface area contributed by atoms with Crippen LogP contribution >= 0.6 is 0 Å². The Hall–Kier alpha value is -2.86. The topological polar surface area (TPSA) is 82.6 Å². The van der Waals surface area contributed by atoms with Crippen LogP contribution in [0, 0.1) is 13.8 Å². The first-order valence-corrected chi connectivity index (χ1v) is 7.62. The molecule has 1 aromatic heterocycles. The molecule has 0 fully saturated rings. The van der Waals surface area contributed by atoms with Gasteiger partial charge in [0.15, 0.2) is 0 Å². The first-order valence-electron chi connectivity index (χ1n) is 7.62. The molecule has 0 saturated heterocycles. The van der Waals surface area contributed by atoms with E-state index >= 15 is 0 Å². The van der Waals surface area contributed by atoms with Gasteiger partial charge >= 0.3 is 6.09 Å². The van der Waals surface area contributed by atoms with E-state index in [4.69, 9.17) is 9.84 Å². The summed E-state index contributed by atoms with van der Waals surface area (Å²) in [6, 6.07) is 9.05. The molecule has 2 amide bonds. The van der Waals surface area contributed by atoms with Gasteiger partial charge in [-0.2, -0.15) is 0 Å². The number of hydrogen-bond donors (Lipinski definition) is 2. The molecule has 0 unspecified atom stereocenters. The number of hydrogen-bond acceptors (Lipinski definition) is 4. The molecule has 1 aliphatic heterocycles. The number of aromatic nitrogens is 1. The zero-order valence-electron chi connectivity index (χ0n) is 13.5. The Labute approximate surface area is 139 Å². The summed E-state index contributed by atoms with van der Waals surface area (Å²) in [6.45, 7) is 3.45. The molecule has 6 heteroatoms. The predicted molar refractivity (Wildman–Crippen MR) is 90.5 cm³/mol. The van der Waals surface area contributed by atoms with E-state index < -0.39 is 12.0 Å². The zero-order chi connectivity index (χ0) is 17.3. The Kier molecular flexibility index (Phi) is 4.22. The minimum Gasteiger partial charge on any atom is -0.446 e. The van der Waals surface area contributed by atoms with E-state index in [1.54, 1.807) is 24.3 Å². The molecule has 124 valence electrons. The van der Waals surface area contributed by atoms with Gasteiger partial charge in [0.25, 0.3) is 5.91 Å². The van der Waals surface area contributed by atoms with Crippen molar-refractivity contribution >= 4 is 29.3 Å². The Morgan fingerprint density at radius 1 is 1.33 bits per heavy atom.